The number of hydrogen-bond acceptors (Lipinski definition) is 1. The van der Waals surface area contributed by atoms with Gasteiger partial charge in [-0.15, -0.1) is 0 Å². The molecule has 0 radical (unpaired) electrons. The normalized spacial score (nSPS) is 11.2. The lowest BCUT2D eigenvalue weighted by Gasteiger charge is -2.26. The van der Waals surface area contributed by atoms with Gasteiger partial charge in [0.2, 0.25) is 0 Å². The fourth-order valence-electron chi connectivity index (χ4n) is 4.33. The van der Waals surface area contributed by atoms with Crippen molar-refractivity contribution >= 4 is 45.1 Å². The van der Waals surface area contributed by atoms with E-state index in [1.54, 1.807) is 0 Å². The van der Waals surface area contributed by atoms with Crippen LogP contribution in [0.4, 0.5) is 17.1 Å². The van der Waals surface area contributed by atoms with Gasteiger partial charge in [-0.2, -0.15) is 0 Å². The number of rotatable bonds is 11. The molecule has 0 aliphatic heterocycles. The summed E-state index contributed by atoms with van der Waals surface area (Å²) in [5, 5.41) is 0. The van der Waals surface area contributed by atoms with E-state index in [0.29, 0.717) is 0 Å². The zero-order valence-corrected chi connectivity index (χ0v) is 23.0. The van der Waals surface area contributed by atoms with Gasteiger partial charge in [0.15, 0.2) is 0 Å². The van der Waals surface area contributed by atoms with Crippen molar-refractivity contribution in [2.45, 2.75) is 52.4 Å². The maximum absolute atomic E-state index is 3.50. The molecule has 0 saturated carbocycles. The van der Waals surface area contributed by atoms with Crippen molar-refractivity contribution in [3.05, 3.63) is 124 Å². The summed E-state index contributed by atoms with van der Waals surface area (Å²) in [5.74, 6) is 0. The Labute approximate surface area is 225 Å². The van der Waals surface area contributed by atoms with E-state index in [9.17, 15) is 0 Å². The molecule has 4 aromatic carbocycles. The second-order valence-corrected chi connectivity index (χ2v) is 10.3. The molecule has 4 aromatic rings. The smallest absolute Gasteiger partial charge is 0.0462 e. The van der Waals surface area contributed by atoms with Crippen LogP contribution in [0.25, 0.3) is 12.2 Å². The van der Waals surface area contributed by atoms with Crippen LogP contribution in [-0.2, 0) is 12.8 Å². The first-order valence-electron chi connectivity index (χ1n) is 13.2. The van der Waals surface area contributed by atoms with Gasteiger partial charge in [0.1, 0.15) is 0 Å². The van der Waals surface area contributed by atoms with E-state index in [4.69, 9.17) is 0 Å². The zero-order chi connectivity index (χ0) is 25.2. The first kappa shape index (κ1) is 26.0. The summed E-state index contributed by atoms with van der Waals surface area (Å²) in [5.41, 5.74) is 8.73. The second-order valence-electron chi connectivity index (χ2n) is 9.35. The lowest BCUT2D eigenvalue weighted by atomic mass is 10.1. The van der Waals surface area contributed by atoms with Gasteiger partial charge < -0.3 is 4.90 Å². The van der Waals surface area contributed by atoms with Gasteiger partial charge in [-0.05, 0) is 96.5 Å². The van der Waals surface area contributed by atoms with Gasteiger partial charge in [0, 0.05) is 21.5 Å². The fourth-order valence-corrected chi connectivity index (χ4v) is 4.60. The SMILES string of the molecule is CCCCc1ccc(N(c2ccc(C=Cc3ccc(Br)cc3)cc2)c2ccc(CCCC)cc2)cc1. The lowest BCUT2D eigenvalue weighted by Crippen LogP contribution is -2.10. The van der Waals surface area contributed by atoms with E-state index in [-0.39, 0.29) is 0 Å². The van der Waals surface area contributed by atoms with Gasteiger partial charge in [-0.1, -0.05) is 103 Å². The number of halogens is 1. The molecule has 0 aliphatic rings. The second kappa shape index (κ2) is 13.3. The van der Waals surface area contributed by atoms with E-state index in [2.05, 4.69) is 144 Å². The molecule has 184 valence electrons. The summed E-state index contributed by atoms with van der Waals surface area (Å²) < 4.78 is 1.10. The van der Waals surface area contributed by atoms with E-state index in [1.165, 1.54) is 65.0 Å². The van der Waals surface area contributed by atoms with Crippen molar-refractivity contribution < 1.29 is 0 Å². The molecule has 0 fully saturated rings. The minimum atomic E-state index is 1.10. The molecule has 0 heterocycles. The lowest BCUT2D eigenvalue weighted by molar-refractivity contribution is 0.795. The first-order chi connectivity index (χ1) is 17.7. The van der Waals surface area contributed by atoms with Crippen LogP contribution in [0, 0.1) is 0 Å². The predicted octanol–water partition coefficient (Wildman–Crippen LogP) is 10.8. The van der Waals surface area contributed by atoms with Crippen molar-refractivity contribution in [2.75, 3.05) is 4.90 Å². The molecular weight excluding hydrogens is 502 g/mol. The molecule has 0 atom stereocenters. The first-order valence-corrected chi connectivity index (χ1v) is 14.0. The topological polar surface area (TPSA) is 3.24 Å². The van der Waals surface area contributed by atoms with Gasteiger partial charge in [-0.25, -0.2) is 0 Å². The Morgan fingerprint density at radius 3 is 1.28 bits per heavy atom. The molecule has 4 rings (SSSR count). The van der Waals surface area contributed by atoms with Gasteiger partial charge in [0.05, 0.1) is 0 Å². The standard InChI is InChI=1S/C34H36BrN/c1-3-5-7-27-13-21-32(22-14-27)36(33-23-15-28(16-24-33)8-6-4-2)34-25-17-30(18-26-34)10-9-29-11-19-31(35)20-12-29/h9-26H,3-8H2,1-2H3. The van der Waals surface area contributed by atoms with Crippen molar-refractivity contribution in [3.63, 3.8) is 0 Å². The highest BCUT2D eigenvalue weighted by Gasteiger charge is 2.12. The Bertz CT molecular complexity index is 1170. The minimum Gasteiger partial charge on any atom is -0.311 e. The largest absolute Gasteiger partial charge is 0.311 e. The Morgan fingerprint density at radius 2 is 0.889 bits per heavy atom. The highest BCUT2D eigenvalue weighted by molar-refractivity contribution is 9.10. The third-order valence-electron chi connectivity index (χ3n) is 6.52. The molecule has 2 heteroatoms. The molecule has 0 spiro atoms. The van der Waals surface area contributed by atoms with Crippen LogP contribution in [0.2, 0.25) is 0 Å². The third-order valence-corrected chi connectivity index (χ3v) is 7.05. The number of nitrogens with zero attached hydrogens (tertiary/aromatic N) is 1. The highest BCUT2D eigenvalue weighted by atomic mass is 79.9. The number of hydrogen-bond donors (Lipinski definition) is 0. The minimum absolute atomic E-state index is 1.10. The van der Waals surface area contributed by atoms with E-state index in [0.717, 1.165) is 17.3 Å². The molecule has 36 heavy (non-hydrogen) atoms. The van der Waals surface area contributed by atoms with Crippen LogP contribution >= 0.6 is 15.9 Å². The van der Waals surface area contributed by atoms with E-state index >= 15 is 0 Å². The number of benzene rings is 4. The molecule has 0 unspecified atom stereocenters. The molecule has 0 amide bonds. The Kier molecular flexibility index (Phi) is 9.58. The summed E-state index contributed by atoms with van der Waals surface area (Å²) in [6.45, 7) is 4.50. The maximum atomic E-state index is 3.50. The van der Waals surface area contributed by atoms with Crippen LogP contribution in [0.3, 0.4) is 0 Å². The van der Waals surface area contributed by atoms with Gasteiger partial charge >= 0.3 is 0 Å². The van der Waals surface area contributed by atoms with Gasteiger partial charge in [0.25, 0.3) is 0 Å². The average Bonchev–Trinajstić information content (AvgIpc) is 2.93. The number of anilines is 3. The van der Waals surface area contributed by atoms with Crippen LogP contribution < -0.4 is 4.90 Å². The summed E-state index contributed by atoms with van der Waals surface area (Å²) in [6, 6.07) is 35.4. The van der Waals surface area contributed by atoms with Gasteiger partial charge in [-0.3, -0.25) is 0 Å². The Morgan fingerprint density at radius 1 is 0.528 bits per heavy atom. The highest BCUT2D eigenvalue weighted by Crippen LogP contribution is 2.35. The third kappa shape index (κ3) is 7.21. The molecule has 0 aliphatic carbocycles. The monoisotopic (exact) mass is 537 g/mol. The predicted molar refractivity (Wildman–Crippen MR) is 161 cm³/mol. The Hall–Kier alpha value is -3.10. The fraction of sp³-hybridized carbons (Fsp3) is 0.235. The number of unbranched alkanes of at least 4 members (excludes halogenated alkanes) is 2. The molecule has 0 aromatic heterocycles. The van der Waals surface area contributed by atoms with Crippen LogP contribution in [0.15, 0.2) is 102 Å². The molecule has 0 saturated heterocycles. The zero-order valence-electron chi connectivity index (χ0n) is 21.5. The number of aryl methyl sites for hydroxylation is 2. The quantitative estimate of drug-likeness (QED) is 0.172. The summed E-state index contributed by atoms with van der Waals surface area (Å²) >= 11 is 3.50. The van der Waals surface area contributed by atoms with Crippen molar-refractivity contribution in [1.29, 1.82) is 0 Å². The molecular formula is C34H36BrN. The molecule has 0 bridgehead atoms. The van der Waals surface area contributed by atoms with E-state index < -0.39 is 0 Å². The van der Waals surface area contributed by atoms with Crippen molar-refractivity contribution in [2.24, 2.45) is 0 Å². The van der Waals surface area contributed by atoms with Crippen LogP contribution in [0.1, 0.15) is 61.8 Å². The van der Waals surface area contributed by atoms with E-state index in [1.807, 2.05) is 0 Å². The summed E-state index contributed by atoms with van der Waals surface area (Å²) in [6.07, 6.45) is 11.5. The van der Waals surface area contributed by atoms with Crippen LogP contribution in [0.5, 0.6) is 0 Å². The van der Waals surface area contributed by atoms with Crippen molar-refractivity contribution in [1.82, 2.24) is 0 Å². The van der Waals surface area contributed by atoms with Crippen molar-refractivity contribution in [3.8, 4) is 0 Å². The summed E-state index contributed by atoms with van der Waals surface area (Å²) in [7, 11) is 0. The average molecular weight is 539 g/mol. The molecule has 1 nitrogen and oxygen atoms in total. The maximum Gasteiger partial charge on any atom is 0.0462 e. The molecule has 0 N–H and O–H groups in total. The van der Waals surface area contributed by atoms with Crippen LogP contribution in [-0.4, -0.2) is 0 Å². The summed E-state index contributed by atoms with van der Waals surface area (Å²) in [4.78, 5) is 2.36. The Balaban J connectivity index is 1.60.